The van der Waals surface area contributed by atoms with E-state index in [1.165, 1.54) is 0 Å². The average molecular weight is 533 g/mol. The van der Waals surface area contributed by atoms with Crippen LogP contribution < -0.4 is 24.8 Å². The standard InChI is InChI=1S/C28H32N6O5/c1-36-23-16-21(17-24(37-2)25(23)38-3)31-28-30-18-20-7-9-34(26(20)32-28)22-6-4-5-19(15-22)27(35)29-8-10-33-11-13-39-14-12-33/h4-7,9,15-18H,8,10-14H2,1-3H3,(H,29,35)(H,30,31,32). The first kappa shape index (κ1) is 26.3. The number of amides is 1. The molecule has 1 amide bonds. The molecule has 0 bridgehead atoms. The Kier molecular flexibility index (Phi) is 8.09. The van der Waals surface area contributed by atoms with Crippen LogP contribution in [0, 0.1) is 0 Å². The summed E-state index contributed by atoms with van der Waals surface area (Å²) in [5.41, 5.74) is 2.78. The molecule has 0 aliphatic carbocycles. The third kappa shape index (κ3) is 5.89. The van der Waals surface area contributed by atoms with E-state index in [-0.39, 0.29) is 5.91 Å². The molecular weight excluding hydrogens is 500 g/mol. The van der Waals surface area contributed by atoms with Crippen molar-refractivity contribution in [3.8, 4) is 22.9 Å². The predicted molar refractivity (Wildman–Crippen MR) is 148 cm³/mol. The number of ether oxygens (including phenoxy) is 4. The second-order valence-electron chi connectivity index (χ2n) is 8.96. The first-order valence-corrected chi connectivity index (χ1v) is 12.7. The Bertz CT molecular complexity index is 1420. The molecule has 1 fully saturated rings. The molecule has 0 spiro atoms. The lowest BCUT2D eigenvalue weighted by Crippen LogP contribution is -2.41. The highest BCUT2D eigenvalue weighted by atomic mass is 16.5. The quantitative estimate of drug-likeness (QED) is 0.318. The zero-order valence-corrected chi connectivity index (χ0v) is 22.3. The summed E-state index contributed by atoms with van der Waals surface area (Å²) >= 11 is 0. The lowest BCUT2D eigenvalue weighted by molar-refractivity contribution is 0.0383. The Morgan fingerprint density at radius 3 is 2.51 bits per heavy atom. The maximum atomic E-state index is 12.9. The van der Waals surface area contributed by atoms with E-state index in [9.17, 15) is 4.79 Å². The van der Waals surface area contributed by atoms with Gasteiger partial charge in [0.1, 0.15) is 5.65 Å². The first-order chi connectivity index (χ1) is 19.1. The van der Waals surface area contributed by atoms with Crippen LogP contribution in [-0.4, -0.2) is 86.1 Å². The molecule has 0 radical (unpaired) electrons. The Balaban J connectivity index is 1.34. The van der Waals surface area contributed by atoms with E-state index < -0.39 is 0 Å². The number of nitrogens with one attached hydrogen (secondary N) is 2. The highest BCUT2D eigenvalue weighted by Gasteiger charge is 2.15. The van der Waals surface area contributed by atoms with Crippen LogP contribution in [0.2, 0.25) is 0 Å². The molecule has 2 aromatic heterocycles. The van der Waals surface area contributed by atoms with Crippen LogP contribution in [0.3, 0.4) is 0 Å². The number of aromatic nitrogens is 3. The SMILES string of the molecule is COc1cc(Nc2ncc3ccn(-c4cccc(C(=O)NCCN5CCOCC5)c4)c3n2)cc(OC)c1OC. The largest absolute Gasteiger partial charge is 0.493 e. The van der Waals surface area contributed by atoms with Gasteiger partial charge in [-0.25, -0.2) is 4.98 Å². The predicted octanol–water partition coefficient (Wildman–Crippen LogP) is 3.25. The van der Waals surface area contributed by atoms with Crippen LogP contribution in [0.15, 0.2) is 54.9 Å². The molecule has 11 heteroatoms. The number of morpholine rings is 1. The van der Waals surface area contributed by atoms with Gasteiger partial charge in [0.15, 0.2) is 11.5 Å². The van der Waals surface area contributed by atoms with Crippen molar-refractivity contribution in [1.82, 2.24) is 24.8 Å². The fraction of sp³-hybridized carbons (Fsp3) is 0.321. The summed E-state index contributed by atoms with van der Waals surface area (Å²) < 4.78 is 23.6. The highest BCUT2D eigenvalue weighted by Crippen LogP contribution is 2.40. The number of fused-ring (bicyclic) bond motifs is 1. The molecule has 2 N–H and O–H groups in total. The van der Waals surface area contributed by atoms with Crippen molar-refractivity contribution in [2.75, 3.05) is 66.0 Å². The zero-order valence-electron chi connectivity index (χ0n) is 22.3. The van der Waals surface area contributed by atoms with E-state index in [4.69, 9.17) is 23.9 Å². The van der Waals surface area contributed by atoms with Gasteiger partial charge in [0.2, 0.25) is 11.7 Å². The van der Waals surface area contributed by atoms with Crippen molar-refractivity contribution < 1.29 is 23.7 Å². The molecule has 3 heterocycles. The summed E-state index contributed by atoms with van der Waals surface area (Å²) in [6.45, 7) is 4.65. The average Bonchev–Trinajstić information content (AvgIpc) is 3.40. The van der Waals surface area contributed by atoms with Gasteiger partial charge in [-0.2, -0.15) is 4.98 Å². The minimum absolute atomic E-state index is 0.110. The van der Waals surface area contributed by atoms with E-state index in [0.717, 1.165) is 43.9 Å². The second kappa shape index (κ2) is 12.0. The van der Waals surface area contributed by atoms with E-state index in [2.05, 4.69) is 20.5 Å². The van der Waals surface area contributed by atoms with Gasteiger partial charge in [-0.05, 0) is 24.3 Å². The van der Waals surface area contributed by atoms with Gasteiger partial charge in [-0.15, -0.1) is 0 Å². The molecule has 2 aromatic carbocycles. The smallest absolute Gasteiger partial charge is 0.251 e. The number of rotatable bonds is 10. The number of carbonyl (C=O) groups is 1. The molecule has 5 rings (SSSR count). The van der Waals surface area contributed by atoms with Crippen LogP contribution in [0.1, 0.15) is 10.4 Å². The highest BCUT2D eigenvalue weighted by molar-refractivity contribution is 5.95. The molecular formula is C28H32N6O5. The maximum absolute atomic E-state index is 12.9. The topological polar surface area (TPSA) is 112 Å². The van der Waals surface area contributed by atoms with Crippen LogP contribution in [0.4, 0.5) is 11.6 Å². The van der Waals surface area contributed by atoms with E-state index >= 15 is 0 Å². The summed E-state index contributed by atoms with van der Waals surface area (Å²) in [5.74, 6) is 1.82. The number of hydrogen-bond donors (Lipinski definition) is 2. The summed E-state index contributed by atoms with van der Waals surface area (Å²) in [6.07, 6.45) is 3.67. The molecule has 11 nitrogen and oxygen atoms in total. The normalized spacial score (nSPS) is 13.7. The fourth-order valence-electron chi connectivity index (χ4n) is 4.52. The van der Waals surface area contributed by atoms with Crippen molar-refractivity contribution >= 4 is 28.6 Å². The van der Waals surface area contributed by atoms with Gasteiger partial charge < -0.3 is 34.1 Å². The van der Waals surface area contributed by atoms with Crippen LogP contribution in [-0.2, 0) is 4.74 Å². The second-order valence-corrected chi connectivity index (χ2v) is 8.96. The first-order valence-electron chi connectivity index (χ1n) is 12.7. The van der Waals surface area contributed by atoms with Crippen molar-refractivity contribution in [2.24, 2.45) is 0 Å². The van der Waals surface area contributed by atoms with Crippen LogP contribution in [0.25, 0.3) is 16.7 Å². The Morgan fingerprint density at radius 1 is 1.03 bits per heavy atom. The van der Waals surface area contributed by atoms with Crippen molar-refractivity contribution in [3.05, 3.63) is 60.4 Å². The van der Waals surface area contributed by atoms with E-state index in [1.807, 2.05) is 41.1 Å². The molecule has 1 saturated heterocycles. The van der Waals surface area contributed by atoms with Crippen molar-refractivity contribution in [1.29, 1.82) is 0 Å². The Hall–Kier alpha value is -4.35. The van der Waals surface area contributed by atoms with Crippen LogP contribution in [0.5, 0.6) is 17.2 Å². The van der Waals surface area contributed by atoms with Gasteiger partial charge in [-0.1, -0.05) is 6.07 Å². The number of benzene rings is 2. The molecule has 0 saturated carbocycles. The Morgan fingerprint density at radius 2 is 1.79 bits per heavy atom. The Labute approximate surface area is 226 Å². The molecule has 0 unspecified atom stereocenters. The van der Waals surface area contributed by atoms with Crippen molar-refractivity contribution in [3.63, 3.8) is 0 Å². The number of nitrogens with zero attached hydrogens (tertiary/aromatic N) is 4. The van der Waals surface area contributed by atoms with Gasteiger partial charge in [0, 0.05) is 73.0 Å². The van der Waals surface area contributed by atoms with E-state index in [1.54, 1.807) is 39.7 Å². The summed E-state index contributed by atoms with van der Waals surface area (Å²) in [7, 11) is 4.69. The minimum atomic E-state index is -0.110. The molecule has 4 aromatic rings. The lowest BCUT2D eigenvalue weighted by Gasteiger charge is -2.26. The van der Waals surface area contributed by atoms with Gasteiger partial charge in [-0.3, -0.25) is 9.69 Å². The molecule has 204 valence electrons. The van der Waals surface area contributed by atoms with Crippen LogP contribution >= 0.6 is 0 Å². The number of methoxy groups -OCH3 is 3. The third-order valence-electron chi connectivity index (χ3n) is 6.55. The third-order valence-corrected chi connectivity index (χ3v) is 6.55. The maximum Gasteiger partial charge on any atom is 0.251 e. The lowest BCUT2D eigenvalue weighted by atomic mass is 10.2. The molecule has 0 atom stereocenters. The summed E-state index contributed by atoms with van der Waals surface area (Å²) in [4.78, 5) is 24.3. The number of carbonyl (C=O) groups excluding carboxylic acids is 1. The van der Waals surface area contributed by atoms with Gasteiger partial charge >= 0.3 is 0 Å². The summed E-state index contributed by atoms with van der Waals surface area (Å²) in [6, 6.07) is 13.0. The van der Waals surface area contributed by atoms with E-state index in [0.29, 0.717) is 46.6 Å². The fourth-order valence-corrected chi connectivity index (χ4v) is 4.52. The molecule has 1 aliphatic rings. The monoisotopic (exact) mass is 532 g/mol. The number of hydrogen-bond acceptors (Lipinski definition) is 9. The van der Waals surface area contributed by atoms with Gasteiger partial charge in [0.05, 0.1) is 34.5 Å². The minimum Gasteiger partial charge on any atom is -0.493 e. The summed E-state index contributed by atoms with van der Waals surface area (Å²) in [5, 5.41) is 7.11. The zero-order chi connectivity index (χ0) is 27.2. The van der Waals surface area contributed by atoms with Gasteiger partial charge in [0.25, 0.3) is 5.91 Å². The molecule has 39 heavy (non-hydrogen) atoms. The molecule has 1 aliphatic heterocycles. The van der Waals surface area contributed by atoms with Crippen molar-refractivity contribution in [2.45, 2.75) is 0 Å². The number of anilines is 2.